The summed E-state index contributed by atoms with van der Waals surface area (Å²) >= 11 is 0. The quantitative estimate of drug-likeness (QED) is 0.117. The standard InChI is InChI=1S/C54H82N6O18/c1-33(2)29-39(49(65)59-53(7,8)51(67)69-11)57-45(61)35(5)55-47(63)37-13-15-41-43(31-37)77-27-23-73-19-17-72-22-26-76-42-16-14-38(32-44(42)78-28-24-74-20-18-71-21-25-75-41)48(64)56-36(6)46(62)58-40(30-34(3)4)50(66)60-54(9,10)52(68)70-12/h13-16,31-36,39-40H,17-30H2,1-12H3,(H,55,63)(H,56,64)(H,57,61)(H,58,62)(H,59,65)(H,60,66). The number of benzene rings is 2. The molecular weight excluding hydrogens is 1020 g/mol. The molecule has 4 unspecified atom stereocenters. The van der Waals surface area contributed by atoms with Crippen LogP contribution in [0, 0.1) is 11.8 Å². The number of hydrogen-bond donors (Lipinski definition) is 6. The third-order valence-electron chi connectivity index (χ3n) is 11.5. The number of fused-ring (bicyclic) bond motifs is 2. The Kier molecular flexibility index (Phi) is 27.6. The summed E-state index contributed by atoms with van der Waals surface area (Å²) in [5, 5.41) is 16.0. The highest BCUT2D eigenvalue weighted by atomic mass is 16.6. The van der Waals surface area contributed by atoms with Crippen molar-refractivity contribution in [1.29, 1.82) is 0 Å². The smallest absolute Gasteiger partial charge is 0.330 e. The molecule has 0 bridgehead atoms. The number of amides is 6. The Labute approximate surface area is 457 Å². The Balaban J connectivity index is 1.60. The SMILES string of the molecule is COC(=O)C(C)(C)NC(=O)C(CC(C)C)NC(=O)C(C)NC(=O)c1ccc2c(c1)OCCOCCOCCOc1ccc(C(=O)NC(C)C(=O)NC(CC(C)C)C(=O)NC(C)(C)C(=O)OC)cc1OCCOCCOCCO2. The minimum Gasteiger partial charge on any atom is -0.487 e. The van der Waals surface area contributed by atoms with Gasteiger partial charge in [0.25, 0.3) is 11.8 Å². The van der Waals surface area contributed by atoms with E-state index in [2.05, 4.69) is 31.9 Å². The van der Waals surface area contributed by atoms with Crippen molar-refractivity contribution in [2.24, 2.45) is 11.8 Å². The number of hydrogen-bond acceptors (Lipinski definition) is 18. The molecule has 1 heterocycles. The predicted octanol–water partition coefficient (Wildman–Crippen LogP) is 2.42. The summed E-state index contributed by atoms with van der Waals surface area (Å²) in [5.74, 6) is -3.77. The average Bonchev–Trinajstić information content (AvgIpc) is 3.39. The second-order valence-electron chi connectivity index (χ2n) is 20.1. The second kappa shape index (κ2) is 32.9. The van der Waals surface area contributed by atoms with Crippen LogP contribution in [0.15, 0.2) is 36.4 Å². The first kappa shape index (κ1) is 65.5. The van der Waals surface area contributed by atoms with Crippen LogP contribution in [0.2, 0.25) is 0 Å². The van der Waals surface area contributed by atoms with Gasteiger partial charge in [-0.1, -0.05) is 27.7 Å². The van der Waals surface area contributed by atoms with Gasteiger partial charge in [0.05, 0.1) is 67.1 Å². The van der Waals surface area contributed by atoms with Crippen molar-refractivity contribution in [3.8, 4) is 23.0 Å². The van der Waals surface area contributed by atoms with Crippen LogP contribution in [0.5, 0.6) is 23.0 Å². The van der Waals surface area contributed by atoms with Gasteiger partial charge >= 0.3 is 11.9 Å². The van der Waals surface area contributed by atoms with Gasteiger partial charge in [0.1, 0.15) is 61.7 Å². The summed E-state index contributed by atoms with van der Waals surface area (Å²) in [4.78, 5) is 104. The van der Waals surface area contributed by atoms with Crippen LogP contribution in [-0.4, -0.2) is 176 Å². The van der Waals surface area contributed by atoms with Crippen molar-refractivity contribution in [2.75, 3.05) is 93.5 Å². The van der Waals surface area contributed by atoms with E-state index >= 15 is 0 Å². The first-order valence-corrected chi connectivity index (χ1v) is 26.0. The molecule has 4 atom stereocenters. The molecular formula is C54H82N6O18. The van der Waals surface area contributed by atoms with Crippen molar-refractivity contribution in [1.82, 2.24) is 31.9 Å². The van der Waals surface area contributed by atoms with E-state index in [1.54, 1.807) is 12.1 Å². The third kappa shape index (κ3) is 22.7. The number of methoxy groups -OCH3 is 2. The first-order valence-electron chi connectivity index (χ1n) is 26.0. The van der Waals surface area contributed by atoms with E-state index in [9.17, 15) is 38.4 Å². The molecule has 24 nitrogen and oxygen atoms in total. The Hall–Kier alpha value is -6.76. The van der Waals surface area contributed by atoms with E-state index in [1.807, 2.05) is 27.7 Å². The zero-order valence-electron chi connectivity index (χ0n) is 47.2. The van der Waals surface area contributed by atoms with Gasteiger partial charge < -0.3 is 79.3 Å². The molecule has 78 heavy (non-hydrogen) atoms. The summed E-state index contributed by atoms with van der Waals surface area (Å²) in [5.41, 5.74) is -2.36. The molecule has 3 rings (SSSR count). The van der Waals surface area contributed by atoms with Crippen LogP contribution in [0.25, 0.3) is 0 Å². The lowest BCUT2D eigenvalue weighted by atomic mass is 10.00. The normalized spacial score (nSPS) is 16.1. The summed E-state index contributed by atoms with van der Waals surface area (Å²) in [6.45, 7) is 18.3. The van der Waals surface area contributed by atoms with Crippen LogP contribution < -0.4 is 50.8 Å². The zero-order chi connectivity index (χ0) is 58.0. The number of ether oxygens (including phenoxy) is 10. The van der Waals surface area contributed by atoms with E-state index in [-0.39, 0.29) is 127 Å². The highest BCUT2D eigenvalue weighted by Gasteiger charge is 2.36. The monoisotopic (exact) mass is 1100 g/mol. The zero-order valence-corrected chi connectivity index (χ0v) is 47.2. The lowest BCUT2D eigenvalue weighted by Gasteiger charge is -2.28. The highest BCUT2D eigenvalue weighted by molar-refractivity contribution is 6.00. The minimum atomic E-state index is -1.34. The fourth-order valence-electron chi connectivity index (χ4n) is 7.34. The topological polar surface area (TPSA) is 301 Å². The molecule has 24 heteroatoms. The van der Waals surface area contributed by atoms with Crippen LogP contribution in [0.4, 0.5) is 0 Å². The summed E-state index contributed by atoms with van der Waals surface area (Å²) in [6.07, 6.45) is 0.533. The maximum atomic E-state index is 13.5. The van der Waals surface area contributed by atoms with Crippen LogP contribution >= 0.6 is 0 Å². The maximum Gasteiger partial charge on any atom is 0.330 e. The van der Waals surface area contributed by atoms with E-state index in [4.69, 9.17) is 47.4 Å². The fraction of sp³-hybridized carbons (Fsp3) is 0.630. The van der Waals surface area contributed by atoms with Gasteiger partial charge in [-0.05, 0) is 103 Å². The molecule has 0 spiro atoms. The Morgan fingerprint density at radius 3 is 1.03 bits per heavy atom. The van der Waals surface area contributed by atoms with Gasteiger partial charge in [0, 0.05) is 11.1 Å². The number of nitrogens with one attached hydrogen (secondary N) is 6. The number of rotatable bonds is 18. The van der Waals surface area contributed by atoms with Gasteiger partial charge in [-0.15, -0.1) is 0 Å². The molecule has 0 radical (unpaired) electrons. The number of esters is 2. The molecule has 6 N–H and O–H groups in total. The van der Waals surface area contributed by atoms with E-state index in [0.29, 0.717) is 11.5 Å². The molecule has 1 aliphatic heterocycles. The van der Waals surface area contributed by atoms with Gasteiger partial charge in [0.15, 0.2) is 23.0 Å². The van der Waals surface area contributed by atoms with E-state index in [1.165, 1.54) is 80.0 Å². The lowest BCUT2D eigenvalue weighted by molar-refractivity contribution is -0.150. The molecule has 0 fully saturated rings. The van der Waals surface area contributed by atoms with Crippen LogP contribution in [-0.2, 0) is 57.2 Å². The van der Waals surface area contributed by atoms with E-state index in [0.717, 1.165) is 0 Å². The number of carbonyl (C=O) groups excluding carboxylic acids is 8. The Bertz CT molecular complexity index is 2150. The molecule has 0 saturated heterocycles. The van der Waals surface area contributed by atoms with Crippen molar-refractivity contribution in [3.05, 3.63) is 47.5 Å². The molecule has 2 aromatic carbocycles. The molecule has 436 valence electrons. The first-order chi connectivity index (χ1) is 36.9. The predicted molar refractivity (Wildman–Crippen MR) is 283 cm³/mol. The third-order valence-corrected chi connectivity index (χ3v) is 11.5. The second-order valence-corrected chi connectivity index (χ2v) is 20.1. The fourth-order valence-corrected chi connectivity index (χ4v) is 7.34. The lowest BCUT2D eigenvalue weighted by Crippen LogP contribution is -2.58. The molecule has 2 aromatic rings. The largest absolute Gasteiger partial charge is 0.487 e. The molecule has 6 amide bonds. The van der Waals surface area contributed by atoms with Crippen LogP contribution in [0.3, 0.4) is 0 Å². The summed E-state index contributed by atoms with van der Waals surface area (Å²) in [7, 11) is 2.42. The summed E-state index contributed by atoms with van der Waals surface area (Å²) in [6, 6.07) is 4.98. The van der Waals surface area contributed by atoms with Gasteiger partial charge in [0.2, 0.25) is 23.6 Å². The van der Waals surface area contributed by atoms with Gasteiger partial charge in [-0.3, -0.25) is 28.8 Å². The van der Waals surface area contributed by atoms with Crippen molar-refractivity contribution >= 4 is 47.4 Å². The van der Waals surface area contributed by atoms with Crippen LogP contribution in [0.1, 0.15) is 103 Å². The van der Waals surface area contributed by atoms with Gasteiger partial charge in [-0.2, -0.15) is 0 Å². The van der Waals surface area contributed by atoms with Crippen molar-refractivity contribution < 1.29 is 85.7 Å². The highest BCUT2D eigenvalue weighted by Crippen LogP contribution is 2.30. The molecule has 0 saturated carbocycles. The van der Waals surface area contributed by atoms with Crippen molar-refractivity contribution in [2.45, 2.75) is 117 Å². The summed E-state index contributed by atoms with van der Waals surface area (Å²) < 4.78 is 56.3. The van der Waals surface area contributed by atoms with Gasteiger partial charge in [-0.25, -0.2) is 9.59 Å². The molecule has 1 aliphatic rings. The minimum absolute atomic E-state index is 0.00230. The Morgan fingerprint density at radius 1 is 0.436 bits per heavy atom. The Morgan fingerprint density at radius 2 is 0.731 bits per heavy atom. The number of carbonyl (C=O) groups is 8. The average molecular weight is 1100 g/mol. The van der Waals surface area contributed by atoms with E-state index < -0.39 is 82.6 Å². The molecule has 0 aromatic heterocycles. The maximum absolute atomic E-state index is 13.5. The van der Waals surface area contributed by atoms with Crippen molar-refractivity contribution in [3.63, 3.8) is 0 Å². The molecule has 0 aliphatic carbocycles.